The molecule has 0 aliphatic carbocycles. The number of rotatable bonds is 3. The molecule has 0 spiro atoms. The lowest BCUT2D eigenvalue weighted by atomic mass is 10.2. The van der Waals surface area contributed by atoms with Crippen LogP contribution in [0.2, 0.25) is 0 Å². The number of hydrogen-bond donors (Lipinski definition) is 2. The first kappa shape index (κ1) is 11.3. The molecule has 1 heterocycles. The van der Waals surface area contributed by atoms with Gasteiger partial charge in [0.15, 0.2) is 0 Å². The number of amides is 1. The highest BCUT2D eigenvalue weighted by Crippen LogP contribution is 2.10. The molecule has 0 aromatic rings. The van der Waals surface area contributed by atoms with Crippen molar-refractivity contribution in [3.05, 3.63) is 0 Å². The highest BCUT2D eigenvalue weighted by molar-refractivity contribution is 7.99. The molecule has 1 unspecified atom stereocenters. The molecule has 1 atom stereocenters. The summed E-state index contributed by atoms with van der Waals surface area (Å²) < 4.78 is 0. The average molecular weight is 218 g/mol. The van der Waals surface area contributed by atoms with E-state index in [1.165, 1.54) is 0 Å². The maximum absolute atomic E-state index is 11.6. The van der Waals surface area contributed by atoms with Gasteiger partial charge in [0.1, 0.15) is 0 Å². The lowest BCUT2D eigenvalue weighted by Gasteiger charge is -2.28. The molecule has 1 rings (SSSR count). The summed E-state index contributed by atoms with van der Waals surface area (Å²) in [5, 5.41) is 8.48. The minimum atomic E-state index is -1.03. The molecule has 0 saturated carbocycles. The summed E-state index contributed by atoms with van der Waals surface area (Å²) in [6, 6.07) is -0.893. The smallest absolute Gasteiger partial charge is 0.305 e. The molecule has 3 N–H and O–H groups in total. The van der Waals surface area contributed by atoms with Crippen LogP contribution in [0.5, 0.6) is 0 Å². The van der Waals surface area contributed by atoms with Gasteiger partial charge in [-0.2, -0.15) is 11.8 Å². The van der Waals surface area contributed by atoms with Crippen LogP contribution < -0.4 is 5.73 Å². The highest BCUT2D eigenvalue weighted by Gasteiger charge is 2.24. The van der Waals surface area contributed by atoms with Gasteiger partial charge in [-0.3, -0.25) is 9.59 Å². The van der Waals surface area contributed by atoms with E-state index in [0.29, 0.717) is 13.1 Å². The summed E-state index contributed by atoms with van der Waals surface area (Å²) in [4.78, 5) is 23.5. The maximum atomic E-state index is 11.6. The average Bonchev–Trinajstić information content (AvgIpc) is 2.17. The van der Waals surface area contributed by atoms with Crippen molar-refractivity contribution in [2.45, 2.75) is 12.5 Å². The fourth-order valence-corrected chi connectivity index (χ4v) is 2.20. The Balaban J connectivity index is 2.42. The normalized spacial score (nSPS) is 19.1. The van der Waals surface area contributed by atoms with Gasteiger partial charge >= 0.3 is 5.97 Å². The van der Waals surface area contributed by atoms with Gasteiger partial charge < -0.3 is 15.7 Å². The van der Waals surface area contributed by atoms with Gasteiger partial charge in [0.2, 0.25) is 5.91 Å². The summed E-state index contributed by atoms with van der Waals surface area (Å²) in [5.41, 5.74) is 5.47. The van der Waals surface area contributed by atoms with Crippen molar-refractivity contribution < 1.29 is 14.7 Å². The van der Waals surface area contributed by atoms with E-state index in [1.54, 1.807) is 16.7 Å². The fraction of sp³-hybridized carbons (Fsp3) is 0.750. The SMILES string of the molecule is NC(CC(=O)O)C(=O)N1CCSCC1. The molecule has 1 amide bonds. The van der Waals surface area contributed by atoms with E-state index in [1.807, 2.05) is 0 Å². The second kappa shape index (κ2) is 5.21. The molecule has 0 aromatic heterocycles. The molecule has 1 aliphatic heterocycles. The van der Waals surface area contributed by atoms with Crippen LogP contribution in [-0.4, -0.2) is 52.5 Å². The van der Waals surface area contributed by atoms with Gasteiger partial charge in [0.25, 0.3) is 0 Å². The number of thioether (sulfide) groups is 1. The number of carboxylic acids is 1. The maximum Gasteiger partial charge on any atom is 0.305 e. The van der Waals surface area contributed by atoms with Crippen molar-refractivity contribution in [3.63, 3.8) is 0 Å². The van der Waals surface area contributed by atoms with Crippen LogP contribution in [0.25, 0.3) is 0 Å². The van der Waals surface area contributed by atoms with Crippen LogP contribution in [0.15, 0.2) is 0 Å². The summed E-state index contributed by atoms with van der Waals surface area (Å²) in [6.07, 6.45) is -0.289. The van der Waals surface area contributed by atoms with Crippen LogP contribution in [0.4, 0.5) is 0 Å². The Labute approximate surface area is 86.6 Å². The van der Waals surface area contributed by atoms with Crippen LogP contribution in [0.1, 0.15) is 6.42 Å². The molecule has 0 radical (unpaired) electrons. The molecule has 6 heteroatoms. The fourth-order valence-electron chi connectivity index (χ4n) is 1.29. The lowest BCUT2D eigenvalue weighted by molar-refractivity contribution is -0.141. The molecule has 1 aliphatic rings. The monoisotopic (exact) mass is 218 g/mol. The number of nitrogens with two attached hydrogens (primary N) is 1. The molecule has 1 saturated heterocycles. The number of carbonyl (C=O) groups is 2. The van der Waals surface area contributed by atoms with Crippen molar-refractivity contribution in [2.24, 2.45) is 5.73 Å². The van der Waals surface area contributed by atoms with Crippen LogP contribution in [0.3, 0.4) is 0 Å². The second-order valence-electron chi connectivity index (χ2n) is 3.14. The number of hydrogen-bond acceptors (Lipinski definition) is 4. The van der Waals surface area contributed by atoms with Crippen molar-refractivity contribution in [2.75, 3.05) is 24.6 Å². The first-order valence-corrected chi connectivity index (χ1v) is 5.60. The third-order valence-electron chi connectivity index (χ3n) is 2.03. The second-order valence-corrected chi connectivity index (χ2v) is 4.37. The van der Waals surface area contributed by atoms with Crippen molar-refractivity contribution in [1.29, 1.82) is 0 Å². The summed E-state index contributed by atoms with van der Waals surface area (Å²) in [6.45, 7) is 1.35. The third-order valence-corrected chi connectivity index (χ3v) is 2.98. The quantitative estimate of drug-likeness (QED) is 0.658. The van der Waals surface area contributed by atoms with Gasteiger partial charge in [-0.1, -0.05) is 0 Å². The van der Waals surface area contributed by atoms with E-state index >= 15 is 0 Å². The van der Waals surface area contributed by atoms with Gasteiger partial charge in [0.05, 0.1) is 12.5 Å². The van der Waals surface area contributed by atoms with E-state index in [0.717, 1.165) is 11.5 Å². The zero-order valence-corrected chi connectivity index (χ0v) is 8.63. The first-order chi connectivity index (χ1) is 6.61. The summed E-state index contributed by atoms with van der Waals surface area (Å²) in [7, 11) is 0. The minimum Gasteiger partial charge on any atom is -0.481 e. The Morgan fingerprint density at radius 1 is 1.43 bits per heavy atom. The minimum absolute atomic E-state index is 0.243. The van der Waals surface area contributed by atoms with Crippen molar-refractivity contribution in [1.82, 2.24) is 4.90 Å². The Morgan fingerprint density at radius 3 is 2.50 bits per heavy atom. The van der Waals surface area contributed by atoms with Gasteiger partial charge in [-0.25, -0.2) is 0 Å². The van der Waals surface area contributed by atoms with E-state index in [9.17, 15) is 9.59 Å². The zero-order chi connectivity index (χ0) is 10.6. The zero-order valence-electron chi connectivity index (χ0n) is 7.81. The molecule has 0 aromatic carbocycles. The molecule has 1 fully saturated rings. The Hall–Kier alpha value is -0.750. The van der Waals surface area contributed by atoms with Gasteiger partial charge in [-0.05, 0) is 0 Å². The van der Waals surface area contributed by atoms with Gasteiger partial charge in [-0.15, -0.1) is 0 Å². The topological polar surface area (TPSA) is 83.6 Å². The number of carbonyl (C=O) groups excluding carboxylic acids is 1. The Kier molecular flexibility index (Phi) is 4.21. The summed E-state index contributed by atoms with van der Waals surface area (Å²) in [5.74, 6) is 0.543. The van der Waals surface area contributed by atoms with Gasteiger partial charge in [0, 0.05) is 24.6 Å². The molecular weight excluding hydrogens is 204 g/mol. The highest BCUT2D eigenvalue weighted by atomic mass is 32.2. The van der Waals surface area contributed by atoms with Crippen LogP contribution in [0, 0.1) is 0 Å². The number of aliphatic carboxylic acids is 1. The predicted octanol–water partition coefficient (Wildman–Crippen LogP) is -0.636. The van der Waals surface area contributed by atoms with E-state index in [4.69, 9.17) is 10.8 Å². The molecule has 80 valence electrons. The van der Waals surface area contributed by atoms with E-state index in [2.05, 4.69) is 0 Å². The largest absolute Gasteiger partial charge is 0.481 e. The predicted molar refractivity (Wildman–Crippen MR) is 54.1 cm³/mol. The lowest BCUT2D eigenvalue weighted by Crippen LogP contribution is -2.47. The Bertz CT molecular complexity index is 229. The van der Waals surface area contributed by atoms with Crippen LogP contribution >= 0.6 is 11.8 Å². The molecular formula is C8H14N2O3S. The van der Waals surface area contributed by atoms with Crippen molar-refractivity contribution >= 4 is 23.6 Å². The molecule has 14 heavy (non-hydrogen) atoms. The summed E-state index contributed by atoms with van der Waals surface area (Å²) >= 11 is 1.79. The standard InChI is InChI=1S/C8H14N2O3S/c9-6(5-7(11)12)8(13)10-1-3-14-4-2-10/h6H,1-5,9H2,(H,11,12). The number of nitrogens with zero attached hydrogens (tertiary/aromatic N) is 1. The van der Waals surface area contributed by atoms with Crippen molar-refractivity contribution in [3.8, 4) is 0 Å². The molecule has 0 bridgehead atoms. The van der Waals surface area contributed by atoms with E-state index < -0.39 is 12.0 Å². The third kappa shape index (κ3) is 3.19. The Morgan fingerprint density at radius 2 is 2.00 bits per heavy atom. The molecule has 5 nitrogen and oxygen atoms in total. The first-order valence-electron chi connectivity index (χ1n) is 4.45. The van der Waals surface area contributed by atoms with Crippen LogP contribution in [-0.2, 0) is 9.59 Å². The number of carboxylic acid groups (broad SMARTS) is 1. The van der Waals surface area contributed by atoms with E-state index in [-0.39, 0.29) is 12.3 Å².